The Hall–Kier alpha value is -1.47. The number of anilines is 1. The van der Waals surface area contributed by atoms with E-state index in [9.17, 15) is 9.90 Å². The quantitative estimate of drug-likeness (QED) is 0.892. The zero-order valence-corrected chi connectivity index (χ0v) is 10.2. The minimum absolute atomic E-state index is 0.157. The highest BCUT2D eigenvalue weighted by atomic mass is 79.9. The second kappa shape index (κ2) is 4.58. The van der Waals surface area contributed by atoms with Crippen LogP contribution in [0.3, 0.4) is 0 Å². The molecule has 2 aromatic rings. The van der Waals surface area contributed by atoms with Crippen LogP contribution in [0.25, 0.3) is 0 Å². The SMILES string of the molecule is O=C(Nc1ncc(Br)s1)c1ccncc1O. The van der Waals surface area contributed by atoms with Crippen LogP contribution in [0.5, 0.6) is 5.75 Å². The third-order valence-electron chi connectivity index (χ3n) is 1.74. The van der Waals surface area contributed by atoms with Crippen molar-refractivity contribution in [3.63, 3.8) is 0 Å². The Labute approximate surface area is 103 Å². The van der Waals surface area contributed by atoms with Gasteiger partial charge in [0.25, 0.3) is 5.91 Å². The van der Waals surface area contributed by atoms with Crippen LogP contribution in [0.4, 0.5) is 5.13 Å². The molecule has 5 nitrogen and oxygen atoms in total. The van der Waals surface area contributed by atoms with Crippen molar-refractivity contribution >= 4 is 38.3 Å². The lowest BCUT2D eigenvalue weighted by Crippen LogP contribution is -2.11. The molecule has 0 radical (unpaired) electrons. The average Bonchev–Trinajstić information content (AvgIpc) is 2.64. The van der Waals surface area contributed by atoms with Crippen molar-refractivity contribution in [3.8, 4) is 5.75 Å². The normalized spacial score (nSPS) is 10.1. The molecule has 1 amide bonds. The molecule has 0 aliphatic carbocycles. The van der Waals surface area contributed by atoms with E-state index in [1.165, 1.54) is 29.8 Å². The fraction of sp³-hybridized carbons (Fsp3) is 0. The number of pyridine rings is 1. The highest BCUT2D eigenvalue weighted by Crippen LogP contribution is 2.24. The van der Waals surface area contributed by atoms with Gasteiger partial charge < -0.3 is 5.11 Å². The molecule has 0 spiro atoms. The summed E-state index contributed by atoms with van der Waals surface area (Å²) < 4.78 is 0.821. The van der Waals surface area contributed by atoms with E-state index in [1.54, 1.807) is 6.20 Å². The summed E-state index contributed by atoms with van der Waals surface area (Å²) in [5.41, 5.74) is 0.168. The minimum atomic E-state index is -0.415. The highest BCUT2D eigenvalue weighted by molar-refractivity contribution is 9.11. The van der Waals surface area contributed by atoms with E-state index in [4.69, 9.17) is 0 Å². The Morgan fingerprint density at radius 3 is 2.94 bits per heavy atom. The lowest BCUT2D eigenvalue weighted by molar-refractivity contribution is 0.102. The van der Waals surface area contributed by atoms with Gasteiger partial charge >= 0.3 is 0 Å². The third-order valence-corrected chi connectivity index (χ3v) is 3.13. The van der Waals surface area contributed by atoms with E-state index in [2.05, 4.69) is 31.2 Å². The summed E-state index contributed by atoms with van der Waals surface area (Å²) in [6.07, 6.45) is 4.24. The molecule has 7 heteroatoms. The molecule has 0 saturated carbocycles. The van der Waals surface area contributed by atoms with E-state index in [0.717, 1.165) is 3.79 Å². The molecule has 0 saturated heterocycles. The van der Waals surface area contributed by atoms with Crippen LogP contribution in [0.15, 0.2) is 28.4 Å². The van der Waals surface area contributed by atoms with E-state index >= 15 is 0 Å². The molecule has 0 unspecified atom stereocenters. The van der Waals surface area contributed by atoms with Gasteiger partial charge in [0, 0.05) is 6.20 Å². The molecule has 2 aromatic heterocycles. The molecule has 0 aliphatic heterocycles. The summed E-state index contributed by atoms with van der Waals surface area (Å²) in [5, 5.41) is 12.5. The van der Waals surface area contributed by atoms with Gasteiger partial charge in [-0.25, -0.2) is 4.98 Å². The maximum absolute atomic E-state index is 11.7. The predicted molar refractivity (Wildman–Crippen MR) is 63.7 cm³/mol. The number of amides is 1. The third kappa shape index (κ3) is 2.37. The molecule has 0 aliphatic rings. The molecular weight excluding hydrogens is 294 g/mol. The first kappa shape index (κ1) is 11.0. The van der Waals surface area contributed by atoms with Gasteiger partial charge in [-0.15, -0.1) is 0 Å². The summed E-state index contributed by atoms with van der Waals surface area (Å²) in [5.74, 6) is -0.572. The fourth-order valence-corrected chi connectivity index (χ4v) is 2.16. The Bertz CT molecular complexity index is 529. The number of nitrogens with zero attached hydrogens (tertiary/aromatic N) is 2. The van der Waals surface area contributed by atoms with Crippen molar-refractivity contribution in [2.24, 2.45) is 0 Å². The van der Waals surface area contributed by atoms with Gasteiger partial charge in [0.1, 0.15) is 5.75 Å². The average molecular weight is 300 g/mol. The molecule has 2 heterocycles. The standard InChI is InChI=1S/C9H6BrN3O2S/c10-7-4-12-9(16-7)13-8(15)5-1-2-11-3-6(5)14/h1-4,14H,(H,12,13,15). The number of hydrogen-bond acceptors (Lipinski definition) is 5. The van der Waals surface area contributed by atoms with E-state index in [0.29, 0.717) is 5.13 Å². The Balaban J connectivity index is 2.18. The lowest BCUT2D eigenvalue weighted by atomic mass is 10.2. The van der Waals surface area contributed by atoms with Crippen LogP contribution in [-0.2, 0) is 0 Å². The largest absolute Gasteiger partial charge is 0.505 e. The smallest absolute Gasteiger partial charge is 0.261 e. The summed E-state index contributed by atoms with van der Waals surface area (Å²) in [6, 6.07) is 1.44. The molecule has 2 N–H and O–H groups in total. The topological polar surface area (TPSA) is 75.1 Å². The Morgan fingerprint density at radius 1 is 1.50 bits per heavy atom. The van der Waals surface area contributed by atoms with Crippen molar-refractivity contribution in [3.05, 3.63) is 34.0 Å². The van der Waals surface area contributed by atoms with Crippen molar-refractivity contribution in [2.75, 3.05) is 5.32 Å². The van der Waals surface area contributed by atoms with Gasteiger partial charge in [-0.3, -0.25) is 15.1 Å². The Morgan fingerprint density at radius 2 is 2.31 bits per heavy atom. The van der Waals surface area contributed by atoms with E-state index in [-0.39, 0.29) is 11.3 Å². The zero-order chi connectivity index (χ0) is 11.5. The molecule has 0 fully saturated rings. The van der Waals surface area contributed by atoms with Gasteiger partial charge in [0.15, 0.2) is 5.13 Å². The van der Waals surface area contributed by atoms with Gasteiger partial charge in [-0.1, -0.05) is 11.3 Å². The molecule has 0 atom stereocenters. The highest BCUT2D eigenvalue weighted by Gasteiger charge is 2.12. The van der Waals surface area contributed by atoms with Crippen LogP contribution in [0.1, 0.15) is 10.4 Å². The first-order valence-corrected chi connectivity index (χ1v) is 5.83. The maximum Gasteiger partial charge on any atom is 0.261 e. The van der Waals surface area contributed by atoms with E-state index < -0.39 is 5.91 Å². The number of aromatic hydroxyl groups is 1. The van der Waals surface area contributed by atoms with Crippen molar-refractivity contribution < 1.29 is 9.90 Å². The van der Waals surface area contributed by atoms with Crippen molar-refractivity contribution in [1.82, 2.24) is 9.97 Å². The van der Waals surface area contributed by atoms with Gasteiger partial charge in [-0.2, -0.15) is 0 Å². The van der Waals surface area contributed by atoms with Gasteiger partial charge in [0.2, 0.25) is 0 Å². The van der Waals surface area contributed by atoms with Crippen LogP contribution in [0, 0.1) is 0 Å². The molecule has 0 bridgehead atoms. The van der Waals surface area contributed by atoms with Crippen molar-refractivity contribution in [1.29, 1.82) is 0 Å². The molecule has 0 aromatic carbocycles. The first-order chi connectivity index (χ1) is 7.66. The van der Waals surface area contributed by atoms with Crippen LogP contribution >= 0.6 is 27.3 Å². The Kier molecular flexibility index (Phi) is 3.16. The number of carbonyl (C=O) groups excluding carboxylic acids is 1. The number of thiazole rings is 1. The van der Waals surface area contributed by atoms with Gasteiger partial charge in [0.05, 0.1) is 21.7 Å². The molecule has 82 valence electrons. The minimum Gasteiger partial charge on any atom is -0.505 e. The summed E-state index contributed by atoms with van der Waals surface area (Å²) in [7, 11) is 0. The van der Waals surface area contributed by atoms with Crippen LogP contribution in [-0.4, -0.2) is 21.0 Å². The fourth-order valence-electron chi connectivity index (χ4n) is 1.05. The number of nitrogens with one attached hydrogen (secondary N) is 1. The lowest BCUT2D eigenvalue weighted by Gasteiger charge is -2.02. The maximum atomic E-state index is 11.7. The number of halogens is 1. The van der Waals surface area contributed by atoms with E-state index in [1.807, 2.05) is 0 Å². The summed E-state index contributed by atoms with van der Waals surface area (Å²) in [6.45, 7) is 0. The predicted octanol–water partition coefficient (Wildman–Crippen LogP) is 2.26. The number of aromatic nitrogens is 2. The monoisotopic (exact) mass is 299 g/mol. The van der Waals surface area contributed by atoms with Crippen LogP contribution < -0.4 is 5.32 Å². The molecule has 2 rings (SSSR count). The molecular formula is C9H6BrN3O2S. The first-order valence-electron chi connectivity index (χ1n) is 4.22. The second-order valence-electron chi connectivity index (χ2n) is 2.82. The summed E-state index contributed by atoms with van der Waals surface area (Å²) in [4.78, 5) is 19.3. The summed E-state index contributed by atoms with van der Waals surface area (Å²) >= 11 is 4.53. The van der Waals surface area contributed by atoms with Crippen molar-refractivity contribution in [2.45, 2.75) is 0 Å². The number of rotatable bonds is 2. The van der Waals surface area contributed by atoms with Gasteiger partial charge in [-0.05, 0) is 22.0 Å². The molecule has 16 heavy (non-hydrogen) atoms. The number of hydrogen-bond donors (Lipinski definition) is 2. The zero-order valence-electron chi connectivity index (χ0n) is 7.85. The number of carbonyl (C=O) groups is 1. The van der Waals surface area contributed by atoms with Crippen LogP contribution in [0.2, 0.25) is 0 Å². The second-order valence-corrected chi connectivity index (χ2v) is 5.23.